The van der Waals surface area contributed by atoms with Crippen LogP contribution >= 0.6 is 11.5 Å². The molecule has 0 bridgehead atoms. The number of methoxy groups -OCH3 is 1. The van der Waals surface area contributed by atoms with Crippen molar-refractivity contribution in [1.29, 1.82) is 0 Å². The molecule has 1 aromatic carbocycles. The van der Waals surface area contributed by atoms with Crippen molar-refractivity contribution in [3.05, 3.63) is 40.7 Å². The molecule has 0 amide bonds. The molecule has 6 heteroatoms. The molecule has 96 valence electrons. The SMILES string of the molecule is COc1ccc(Cc2nsc(C(N)CN)n2)cc1. The van der Waals surface area contributed by atoms with Crippen LogP contribution in [-0.4, -0.2) is 23.0 Å². The second-order valence-corrected chi connectivity index (χ2v) is 4.70. The van der Waals surface area contributed by atoms with Gasteiger partial charge in [-0.1, -0.05) is 12.1 Å². The molecule has 0 spiro atoms. The van der Waals surface area contributed by atoms with E-state index in [0.717, 1.165) is 22.1 Å². The van der Waals surface area contributed by atoms with Gasteiger partial charge in [-0.2, -0.15) is 4.37 Å². The van der Waals surface area contributed by atoms with Gasteiger partial charge in [0.15, 0.2) is 0 Å². The van der Waals surface area contributed by atoms with Gasteiger partial charge in [-0.3, -0.25) is 0 Å². The fourth-order valence-electron chi connectivity index (χ4n) is 1.52. The second kappa shape index (κ2) is 5.90. The maximum Gasteiger partial charge on any atom is 0.147 e. The van der Waals surface area contributed by atoms with Crippen molar-refractivity contribution in [3.63, 3.8) is 0 Å². The van der Waals surface area contributed by atoms with Gasteiger partial charge < -0.3 is 16.2 Å². The third kappa shape index (κ3) is 3.04. The van der Waals surface area contributed by atoms with E-state index < -0.39 is 0 Å². The number of aromatic nitrogens is 2. The summed E-state index contributed by atoms with van der Waals surface area (Å²) in [6, 6.07) is 7.64. The Bertz CT molecular complexity index is 497. The number of hydrogen-bond donors (Lipinski definition) is 2. The molecule has 2 rings (SSSR count). The van der Waals surface area contributed by atoms with Gasteiger partial charge in [0.2, 0.25) is 0 Å². The fraction of sp³-hybridized carbons (Fsp3) is 0.333. The van der Waals surface area contributed by atoms with Crippen molar-refractivity contribution >= 4 is 11.5 Å². The van der Waals surface area contributed by atoms with Crippen LogP contribution in [0.1, 0.15) is 22.4 Å². The predicted molar refractivity (Wildman–Crippen MR) is 71.7 cm³/mol. The molecule has 1 atom stereocenters. The summed E-state index contributed by atoms with van der Waals surface area (Å²) in [4.78, 5) is 4.39. The molecular formula is C12H16N4OS. The molecule has 0 fully saturated rings. The van der Waals surface area contributed by atoms with Gasteiger partial charge in [0.1, 0.15) is 16.6 Å². The van der Waals surface area contributed by atoms with Gasteiger partial charge in [-0.05, 0) is 29.2 Å². The van der Waals surface area contributed by atoms with Crippen molar-refractivity contribution in [2.75, 3.05) is 13.7 Å². The highest BCUT2D eigenvalue weighted by molar-refractivity contribution is 7.05. The van der Waals surface area contributed by atoms with E-state index in [-0.39, 0.29) is 6.04 Å². The molecular weight excluding hydrogens is 248 g/mol. The van der Waals surface area contributed by atoms with Crippen LogP contribution in [0.3, 0.4) is 0 Å². The molecule has 0 radical (unpaired) electrons. The van der Waals surface area contributed by atoms with Crippen LogP contribution in [0.25, 0.3) is 0 Å². The highest BCUT2D eigenvalue weighted by Crippen LogP contribution is 2.16. The number of rotatable bonds is 5. The highest BCUT2D eigenvalue weighted by Gasteiger charge is 2.10. The largest absolute Gasteiger partial charge is 0.497 e. The lowest BCUT2D eigenvalue weighted by molar-refractivity contribution is 0.414. The molecule has 1 heterocycles. The Kier molecular flexibility index (Phi) is 4.24. The molecule has 1 aromatic heterocycles. The molecule has 4 N–H and O–H groups in total. The van der Waals surface area contributed by atoms with Crippen molar-refractivity contribution in [1.82, 2.24) is 9.36 Å². The van der Waals surface area contributed by atoms with E-state index in [4.69, 9.17) is 16.2 Å². The minimum absolute atomic E-state index is 0.216. The van der Waals surface area contributed by atoms with Crippen molar-refractivity contribution in [2.24, 2.45) is 11.5 Å². The molecule has 0 aliphatic rings. The zero-order chi connectivity index (χ0) is 13.0. The summed E-state index contributed by atoms with van der Waals surface area (Å²) in [6.07, 6.45) is 0.692. The van der Waals surface area contributed by atoms with Gasteiger partial charge >= 0.3 is 0 Å². The highest BCUT2D eigenvalue weighted by atomic mass is 32.1. The Balaban J connectivity index is 2.06. The summed E-state index contributed by atoms with van der Waals surface area (Å²) >= 11 is 1.32. The second-order valence-electron chi connectivity index (χ2n) is 3.92. The standard InChI is InChI=1S/C12H16N4OS/c1-17-9-4-2-8(3-5-9)6-11-15-12(18-16-11)10(14)7-13/h2-5,10H,6-7,13-14H2,1H3. The van der Waals surface area contributed by atoms with Gasteiger partial charge in [0, 0.05) is 13.0 Å². The van der Waals surface area contributed by atoms with Crippen LogP contribution in [-0.2, 0) is 6.42 Å². The van der Waals surface area contributed by atoms with Crippen molar-refractivity contribution in [2.45, 2.75) is 12.5 Å². The summed E-state index contributed by atoms with van der Waals surface area (Å²) < 4.78 is 9.40. The third-order valence-electron chi connectivity index (χ3n) is 2.58. The average molecular weight is 264 g/mol. The minimum Gasteiger partial charge on any atom is -0.497 e. The smallest absolute Gasteiger partial charge is 0.147 e. The quantitative estimate of drug-likeness (QED) is 0.844. The minimum atomic E-state index is -0.216. The zero-order valence-electron chi connectivity index (χ0n) is 10.2. The van der Waals surface area contributed by atoms with Crippen molar-refractivity contribution in [3.8, 4) is 5.75 Å². The van der Waals surface area contributed by atoms with E-state index in [0.29, 0.717) is 13.0 Å². The molecule has 0 aliphatic heterocycles. The molecule has 1 unspecified atom stereocenters. The number of benzene rings is 1. The number of hydrogen-bond acceptors (Lipinski definition) is 6. The molecule has 5 nitrogen and oxygen atoms in total. The van der Waals surface area contributed by atoms with E-state index in [2.05, 4.69) is 9.36 Å². The number of nitrogens with zero attached hydrogens (tertiary/aromatic N) is 2. The van der Waals surface area contributed by atoms with Gasteiger partial charge in [0.05, 0.1) is 13.2 Å². The Morgan fingerprint density at radius 3 is 2.67 bits per heavy atom. The Morgan fingerprint density at radius 2 is 2.06 bits per heavy atom. The van der Waals surface area contributed by atoms with Crippen LogP contribution in [0.2, 0.25) is 0 Å². The number of ether oxygens (including phenoxy) is 1. The lowest BCUT2D eigenvalue weighted by Crippen LogP contribution is -2.20. The van der Waals surface area contributed by atoms with Gasteiger partial charge in [0.25, 0.3) is 0 Å². The molecule has 0 saturated carbocycles. The first kappa shape index (κ1) is 12.9. The average Bonchev–Trinajstić information content (AvgIpc) is 2.87. The van der Waals surface area contributed by atoms with E-state index in [1.807, 2.05) is 24.3 Å². The Hall–Kier alpha value is -1.50. The summed E-state index contributed by atoms with van der Waals surface area (Å²) in [7, 11) is 1.65. The summed E-state index contributed by atoms with van der Waals surface area (Å²) in [5, 5.41) is 0.793. The Labute approximate surface area is 110 Å². The molecule has 0 aliphatic carbocycles. The van der Waals surface area contributed by atoms with Crippen LogP contribution in [0.4, 0.5) is 0 Å². The maximum atomic E-state index is 5.81. The van der Waals surface area contributed by atoms with E-state index in [9.17, 15) is 0 Å². The summed E-state index contributed by atoms with van der Waals surface area (Å²) in [5.74, 6) is 1.62. The number of nitrogens with two attached hydrogens (primary N) is 2. The zero-order valence-corrected chi connectivity index (χ0v) is 11.0. The third-order valence-corrected chi connectivity index (χ3v) is 3.46. The van der Waals surface area contributed by atoms with Crippen LogP contribution in [0, 0.1) is 0 Å². The molecule has 0 saturated heterocycles. The van der Waals surface area contributed by atoms with E-state index in [1.165, 1.54) is 11.5 Å². The van der Waals surface area contributed by atoms with Gasteiger partial charge in [-0.15, -0.1) is 0 Å². The molecule has 2 aromatic rings. The monoisotopic (exact) mass is 264 g/mol. The molecule has 18 heavy (non-hydrogen) atoms. The summed E-state index contributed by atoms with van der Waals surface area (Å²) in [6.45, 7) is 0.386. The predicted octanol–water partition coefficient (Wildman–Crippen LogP) is 1.10. The first-order chi connectivity index (χ1) is 8.72. The lowest BCUT2D eigenvalue weighted by Gasteiger charge is -2.02. The van der Waals surface area contributed by atoms with Crippen LogP contribution in [0.15, 0.2) is 24.3 Å². The van der Waals surface area contributed by atoms with Crippen LogP contribution < -0.4 is 16.2 Å². The maximum absolute atomic E-state index is 5.81. The lowest BCUT2D eigenvalue weighted by atomic mass is 10.1. The van der Waals surface area contributed by atoms with E-state index in [1.54, 1.807) is 7.11 Å². The Morgan fingerprint density at radius 1 is 1.33 bits per heavy atom. The van der Waals surface area contributed by atoms with Crippen LogP contribution in [0.5, 0.6) is 5.75 Å². The van der Waals surface area contributed by atoms with Gasteiger partial charge in [-0.25, -0.2) is 4.98 Å². The summed E-state index contributed by atoms with van der Waals surface area (Å²) in [5.41, 5.74) is 12.4. The first-order valence-electron chi connectivity index (χ1n) is 5.64. The fourth-order valence-corrected chi connectivity index (χ4v) is 2.20. The van der Waals surface area contributed by atoms with E-state index >= 15 is 0 Å². The first-order valence-corrected chi connectivity index (χ1v) is 6.41. The van der Waals surface area contributed by atoms with Crippen molar-refractivity contribution < 1.29 is 4.74 Å². The normalized spacial score (nSPS) is 12.4. The topological polar surface area (TPSA) is 87.0 Å².